The normalized spacial score (nSPS) is 14.9. The SMILES string of the molecule is COc1ncccc1-c1ccnc(Cc2ccc(N3CCN(C)CC3)cc2)n1. The Balaban J connectivity index is 1.49. The molecule has 0 saturated carbocycles. The van der Waals surface area contributed by atoms with E-state index in [0.29, 0.717) is 12.3 Å². The Hall–Kier alpha value is -2.99. The fourth-order valence-electron chi connectivity index (χ4n) is 3.45. The van der Waals surface area contributed by atoms with Gasteiger partial charge in [-0.25, -0.2) is 15.0 Å². The third-order valence-corrected chi connectivity index (χ3v) is 5.11. The van der Waals surface area contributed by atoms with Gasteiger partial charge in [0.25, 0.3) is 0 Å². The van der Waals surface area contributed by atoms with Gasteiger partial charge in [0.05, 0.1) is 18.4 Å². The Morgan fingerprint density at radius 1 is 0.929 bits per heavy atom. The van der Waals surface area contributed by atoms with E-state index in [-0.39, 0.29) is 0 Å². The van der Waals surface area contributed by atoms with Crippen molar-refractivity contribution in [2.45, 2.75) is 6.42 Å². The van der Waals surface area contributed by atoms with E-state index >= 15 is 0 Å². The third kappa shape index (κ3) is 4.12. The lowest BCUT2D eigenvalue weighted by atomic mass is 10.1. The molecule has 1 saturated heterocycles. The number of methoxy groups -OCH3 is 1. The molecular weight excluding hydrogens is 350 g/mol. The van der Waals surface area contributed by atoms with Gasteiger partial charge in [-0.15, -0.1) is 0 Å². The van der Waals surface area contributed by atoms with E-state index in [4.69, 9.17) is 9.72 Å². The predicted molar refractivity (Wildman–Crippen MR) is 111 cm³/mol. The zero-order valence-electron chi connectivity index (χ0n) is 16.4. The molecule has 1 fully saturated rings. The van der Waals surface area contributed by atoms with Crippen molar-refractivity contribution >= 4 is 5.69 Å². The highest BCUT2D eigenvalue weighted by Gasteiger charge is 2.14. The van der Waals surface area contributed by atoms with E-state index in [1.807, 2.05) is 18.2 Å². The lowest BCUT2D eigenvalue weighted by molar-refractivity contribution is 0.313. The molecule has 3 heterocycles. The topological polar surface area (TPSA) is 54.4 Å². The van der Waals surface area contributed by atoms with Gasteiger partial charge in [0.1, 0.15) is 5.82 Å². The van der Waals surface area contributed by atoms with Crippen molar-refractivity contribution in [1.29, 1.82) is 0 Å². The van der Waals surface area contributed by atoms with Crippen molar-refractivity contribution in [3.8, 4) is 17.1 Å². The molecule has 2 aromatic heterocycles. The molecule has 1 aromatic carbocycles. The molecule has 0 unspecified atom stereocenters. The number of pyridine rings is 1. The monoisotopic (exact) mass is 375 g/mol. The largest absolute Gasteiger partial charge is 0.481 e. The highest BCUT2D eigenvalue weighted by Crippen LogP contribution is 2.26. The number of ether oxygens (including phenoxy) is 1. The van der Waals surface area contributed by atoms with Gasteiger partial charge in [0.15, 0.2) is 0 Å². The maximum absolute atomic E-state index is 5.36. The van der Waals surface area contributed by atoms with Gasteiger partial charge in [-0.3, -0.25) is 0 Å². The molecule has 0 atom stereocenters. The van der Waals surface area contributed by atoms with Crippen LogP contribution >= 0.6 is 0 Å². The van der Waals surface area contributed by atoms with Gasteiger partial charge in [-0.2, -0.15) is 0 Å². The second-order valence-electron chi connectivity index (χ2n) is 7.05. The van der Waals surface area contributed by atoms with Crippen LogP contribution in [-0.4, -0.2) is 60.2 Å². The third-order valence-electron chi connectivity index (χ3n) is 5.11. The fourth-order valence-corrected chi connectivity index (χ4v) is 3.45. The summed E-state index contributed by atoms with van der Waals surface area (Å²) in [7, 11) is 3.80. The number of likely N-dealkylation sites (N-methyl/N-ethyl adjacent to an activating group) is 1. The second kappa shape index (κ2) is 8.35. The van der Waals surface area contributed by atoms with Crippen LogP contribution in [0.25, 0.3) is 11.3 Å². The van der Waals surface area contributed by atoms with Crippen LogP contribution < -0.4 is 9.64 Å². The number of hydrogen-bond donors (Lipinski definition) is 0. The van der Waals surface area contributed by atoms with E-state index in [9.17, 15) is 0 Å². The van der Waals surface area contributed by atoms with Crippen LogP contribution in [0.4, 0.5) is 5.69 Å². The summed E-state index contributed by atoms with van der Waals surface area (Å²) in [4.78, 5) is 18.2. The first-order chi connectivity index (χ1) is 13.7. The van der Waals surface area contributed by atoms with Gasteiger partial charge in [0, 0.05) is 50.7 Å². The average molecular weight is 375 g/mol. The minimum Gasteiger partial charge on any atom is -0.481 e. The van der Waals surface area contributed by atoms with E-state index < -0.39 is 0 Å². The van der Waals surface area contributed by atoms with Crippen LogP contribution in [0.2, 0.25) is 0 Å². The smallest absolute Gasteiger partial charge is 0.222 e. The molecule has 1 aliphatic heterocycles. The molecule has 6 heteroatoms. The van der Waals surface area contributed by atoms with Gasteiger partial charge < -0.3 is 14.5 Å². The van der Waals surface area contributed by atoms with E-state index in [1.165, 1.54) is 11.3 Å². The van der Waals surface area contributed by atoms with Crippen molar-refractivity contribution < 1.29 is 4.74 Å². The summed E-state index contributed by atoms with van der Waals surface area (Å²) in [6.45, 7) is 4.38. The number of hydrogen-bond acceptors (Lipinski definition) is 6. The molecule has 0 aliphatic carbocycles. The Kier molecular flexibility index (Phi) is 5.48. The summed E-state index contributed by atoms with van der Waals surface area (Å²) < 4.78 is 5.36. The minimum absolute atomic E-state index is 0.573. The lowest BCUT2D eigenvalue weighted by Crippen LogP contribution is -2.44. The number of rotatable bonds is 5. The highest BCUT2D eigenvalue weighted by molar-refractivity contribution is 5.64. The summed E-state index contributed by atoms with van der Waals surface area (Å²) >= 11 is 0. The van der Waals surface area contributed by atoms with E-state index in [2.05, 4.69) is 51.1 Å². The molecule has 0 radical (unpaired) electrons. The molecule has 6 nitrogen and oxygen atoms in total. The van der Waals surface area contributed by atoms with Crippen molar-refractivity contribution in [3.05, 3.63) is 66.2 Å². The van der Waals surface area contributed by atoms with E-state index in [0.717, 1.165) is 43.3 Å². The average Bonchev–Trinajstić information content (AvgIpc) is 2.75. The van der Waals surface area contributed by atoms with Crippen LogP contribution in [0.15, 0.2) is 54.9 Å². The first-order valence-corrected chi connectivity index (χ1v) is 9.56. The van der Waals surface area contributed by atoms with E-state index in [1.54, 1.807) is 19.5 Å². The van der Waals surface area contributed by atoms with Gasteiger partial charge in [-0.1, -0.05) is 12.1 Å². The number of anilines is 1. The van der Waals surface area contributed by atoms with Crippen LogP contribution in [0.5, 0.6) is 5.88 Å². The van der Waals surface area contributed by atoms with Crippen molar-refractivity contribution in [2.24, 2.45) is 0 Å². The molecule has 144 valence electrons. The van der Waals surface area contributed by atoms with Gasteiger partial charge in [0.2, 0.25) is 5.88 Å². The van der Waals surface area contributed by atoms with Crippen LogP contribution in [-0.2, 0) is 6.42 Å². The molecule has 3 aromatic rings. The number of aromatic nitrogens is 3. The summed E-state index contributed by atoms with van der Waals surface area (Å²) in [6, 6.07) is 14.5. The van der Waals surface area contributed by atoms with Gasteiger partial charge >= 0.3 is 0 Å². The Labute approximate surface area is 165 Å². The Morgan fingerprint density at radius 3 is 2.46 bits per heavy atom. The Bertz CT molecular complexity index is 920. The number of benzene rings is 1. The fraction of sp³-hybridized carbons (Fsp3) is 0.318. The first-order valence-electron chi connectivity index (χ1n) is 9.56. The molecule has 1 aliphatic rings. The van der Waals surface area contributed by atoms with Crippen LogP contribution in [0.1, 0.15) is 11.4 Å². The summed E-state index contributed by atoms with van der Waals surface area (Å²) in [6.07, 6.45) is 4.20. The summed E-state index contributed by atoms with van der Waals surface area (Å²) in [5.41, 5.74) is 4.18. The second-order valence-corrected chi connectivity index (χ2v) is 7.05. The molecule has 28 heavy (non-hydrogen) atoms. The molecule has 0 bridgehead atoms. The zero-order chi connectivity index (χ0) is 19.3. The minimum atomic E-state index is 0.573. The maximum Gasteiger partial charge on any atom is 0.222 e. The number of piperazine rings is 1. The maximum atomic E-state index is 5.36. The molecule has 0 N–H and O–H groups in total. The molecule has 0 amide bonds. The molecule has 4 rings (SSSR count). The van der Waals surface area contributed by atoms with Crippen LogP contribution in [0, 0.1) is 0 Å². The first kappa shape index (κ1) is 18.4. The molecular formula is C22H25N5O. The zero-order valence-corrected chi connectivity index (χ0v) is 16.4. The standard InChI is InChI=1S/C22H25N5O/c1-26-12-14-27(15-13-26)18-7-5-17(6-8-18)16-21-23-11-9-20(25-21)19-4-3-10-24-22(19)28-2/h3-11H,12-16H2,1-2H3. The van der Waals surface area contributed by atoms with Crippen molar-refractivity contribution in [1.82, 2.24) is 19.9 Å². The van der Waals surface area contributed by atoms with Gasteiger partial charge in [-0.05, 0) is 42.9 Å². The predicted octanol–water partition coefficient (Wildman–Crippen LogP) is 2.89. The summed E-state index contributed by atoms with van der Waals surface area (Å²) in [5, 5.41) is 0. The van der Waals surface area contributed by atoms with Crippen LogP contribution in [0.3, 0.4) is 0 Å². The number of nitrogens with zero attached hydrogens (tertiary/aromatic N) is 5. The van der Waals surface area contributed by atoms with Crippen molar-refractivity contribution in [2.75, 3.05) is 45.2 Å². The lowest BCUT2D eigenvalue weighted by Gasteiger charge is -2.34. The van der Waals surface area contributed by atoms with Crippen molar-refractivity contribution in [3.63, 3.8) is 0 Å². The summed E-state index contributed by atoms with van der Waals surface area (Å²) in [5.74, 6) is 1.36. The quantitative estimate of drug-likeness (QED) is 0.684. The Morgan fingerprint density at radius 2 is 1.71 bits per heavy atom. The molecule has 0 spiro atoms. The highest BCUT2D eigenvalue weighted by atomic mass is 16.5.